The van der Waals surface area contributed by atoms with Gasteiger partial charge in [-0.1, -0.05) is 55.8 Å². The van der Waals surface area contributed by atoms with E-state index in [-0.39, 0.29) is 12.0 Å². The minimum absolute atomic E-state index is 0.105. The number of anilines is 1. The highest BCUT2D eigenvalue weighted by molar-refractivity contribution is 6.31. The summed E-state index contributed by atoms with van der Waals surface area (Å²) < 4.78 is 5.28. The van der Waals surface area contributed by atoms with Crippen molar-refractivity contribution in [2.45, 2.75) is 38.3 Å². The number of hydrogen-bond donors (Lipinski definition) is 1. The third-order valence-corrected chi connectivity index (χ3v) is 6.55. The Hall–Kier alpha value is -3.12. The Morgan fingerprint density at radius 1 is 1.21 bits per heavy atom. The van der Waals surface area contributed by atoms with Gasteiger partial charge in [-0.15, -0.1) is 0 Å². The Morgan fingerprint density at radius 3 is 2.74 bits per heavy atom. The van der Waals surface area contributed by atoms with Crippen molar-refractivity contribution in [1.82, 2.24) is 9.88 Å². The summed E-state index contributed by atoms with van der Waals surface area (Å²) in [5.41, 5.74) is 1.72. The number of methoxy groups -OCH3 is 1. The second-order valence-electron chi connectivity index (χ2n) is 9.05. The van der Waals surface area contributed by atoms with Gasteiger partial charge in [-0.3, -0.25) is 9.98 Å². The number of ether oxygens (including phenoxy) is 1. The molecule has 0 bridgehead atoms. The van der Waals surface area contributed by atoms with Gasteiger partial charge in [-0.05, 0) is 48.6 Å². The minimum Gasteiger partial charge on any atom is -0.467 e. The maximum absolute atomic E-state index is 13.1. The first kappa shape index (κ1) is 24.0. The average Bonchev–Trinajstić information content (AvgIpc) is 3.19. The van der Waals surface area contributed by atoms with Crippen LogP contribution in [0.25, 0.3) is 10.9 Å². The molecule has 3 aromatic rings. The first-order valence-corrected chi connectivity index (χ1v) is 12.1. The van der Waals surface area contributed by atoms with Gasteiger partial charge in [0.2, 0.25) is 5.54 Å². The molecule has 2 aromatic carbocycles. The molecular weight excluding hydrogens is 448 g/mol. The number of rotatable bonds is 9. The van der Waals surface area contributed by atoms with Crippen molar-refractivity contribution in [3.05, 3.63) is 71.4 Å². The zero-order chi connectivity index (χ0) is 24.1. The monoisotopic (exact) mass is 478 g/mol. The van der Waals surface area contributed by atoms with Crippen molar-refractivity contribution in [3.8, 4) is 0 Å². The Balaban J connectivity index is 1.49. The zero-order valence-electron chi connectivity index (χ0n) is 19.9. The second kappa shape index (κ2) is 10.4. The molecule has 0 saturated carbocycles. The second-order valence-corrected chi connectivity index (χ2v) is 9.49. The van der Waals surface area contributed by atoms with E-state index in [1.165, 1.54) is 7.11 Å². The van der Waals surface area contributed by atoms with E-state index in [4.69, 9.17) is 21.3 Å². The number of nitrogens with one attached hydrogen (secondary N) is 1. The SMILES string of the molecule is COC(=O)C1(c2ccccc2)N=CN(CCCNc2ccnc3cc(Cl)ccc23)C1CC(C)C. The average molecular weight is 479 g/mol. The molecule has 2 unspecified atom stereocenters. The van der Waals surface area contributed by atoms with Crippen molar-refractivity contribution < 1.29 is 9.53 Å². The summed E-state index contributed by atoms with van der Waals surface area (Å²) >= 11 is 6.11. The summed E-state index contributed by atoms with van der Waals surface area (Å²) in [7, 11) is 1.44. The van der Waals surface area contributed by atoms with Gasteiger partial charge in [-0.25, -0.2) is 4.79 Å². The largest absolute Gasteiger partial charge is 0.467 e. The van der Waals surface area contributed by atoms with Crippen molar-refractivity contribution in [2.24, 2.45) is 10.9 Å². The molecule has 1 aliphatic rings. The molecule has 0 spiro atoms. The summed E-state index contributed by atoms with van der Waals surface area (Å²) in [5, 5.41) is 5.24. The number of esters is 1. The van der Waals surface area contributed by atoms with Gasteiger partial charge in [-0.2, -0.15) is 0 Å². The molecule has 6 nitrogen and oxygen atoms in total. The number of aromatic nitrogens is 1. The van der Waals surface area contributed by atoms with E-state index in [1.807, 2.05) is 60.9 Å². The van der Waals surface area contributed by atoms with Gasteiger partial charge in [0.05, 0.1) is 25.0 Å². The van der Waals surface area contributed by atoms with E-state index in [1.54, 1.807) is 6.20 Å². The number of hydrogen-bond acceptors (Lipinski definition) is 6. The van der Waals surface area contributed by atoms with Crippen LogP contribution in [0.3, 0.4) is 0 Å². The van der Waals surface area contributed by atoms with Gasteiger partial charge < -0.3 is 15.0 Å². The molecule has 1 aromatic heterocycles. The first-order valence-electron chi connectivity index (χ1n) is 11.7. The quantitative estimate of drug-likeness (QED) is 0.324. The molecule has 2 heterocycles. The van der Waals surface area contributed by atoms with E-state index in [2.05, 4.69) is 29.0 Å². The van der Waals surface area contributed by atoms with Gasteiger partial charge in [0.25, 0.3) is 0 Å². The molecule has 1 N–H and O–H groups in total. The standard InChI is InChI=1S/C27H31ClN4O2/c1-19(2)16-25-27(26(33)34-3,20-8-5-4-6-9-20)31-18-32(25)15-7-13-29-23-12-14-30-24-17-21(28)10-11-22(23)24/h4-6,8-12,14,17-19,25H,7,13,15-16H2,1-3H3,(H,29,30). The first-order chi connectivity index (χ1) is 16.5. The summed E-state index contributed by atoms with van der Waals surface area (Å²) in [6, 6.07) is 17.4. The van der Waals surface area contributed by atoms with Crippen LogP contribution in [0.15, 0.2) is 65.8 Å². The number of aliphatic imine (C=N–C) groups is 1. The summed E-state index contributed by atoms with van der Waals surface area (Å²) in [6.07, 6.45) is 5.33. The van der Waals surface area contributed by atoms with E-state index >= 15 is 0 Å². The van der Waals surface area contributed by atoms with Crippen molar-refractivity contribution in [3.63, 3.8) is 0 Å². The number of carbonyl (C=O) groups is 1. The smallest absolute Gasteiger partial charge is 0.340 e. The molecule has 0 radical (unpaired) electrons. The van der Waals surface area contributed by atoms with Crippen LogP contribution in [0.4, 0.5) is 5.69 Å². The fourth-order valence-electron chi connectivity index (χ4n) is 4.72. The lowest BCUT2D eigenvalue weighted by Crippen LogP contribution is -2.50. The lowest BCUT2D eigenvalue weighted by atomic mass is 9.79. The molecule has 34 heavy (non-hydrogen) atoms. The van der Waals surface area contributed by atoms with Crippen LogP contribution >= 0.6 is 11.6 Å². The summed E-state index contributed by atoms with van der Waals surface area (Å²) in [5.74, 6) is 0.0817. The Kier molecular flexibility index (Phi) is 7.37. The minimum atomic E-state index is -1.05. The molecule has 2 atom stereocenters. The molecule has 1 aliphatic heterocycles. The lowest BCUT2D eigenvalue weighted by Gasteiger charge is -2.36. The third-order valence-electron chi connectivity index (χ3n) is 6.31. The van der Waals surface area contributed by atoms with Crippen LogP contribution in [0.5, 0.6) is 0 Å². The molecule has 7 heteroatoms. The van der Waals surface area contributed by atoms with Crippen LogP contribution in [-0.4, -0.2) is 48.4 Å². The topological polar surface area (TPSA) is 66.8 Å². The molecule has 178 valence electrons. The summed E-state index contributed by atoms with van der Waals surface area (Å²) in [4.78, 5) is 24.6. The molecule has 0 amide bonds. The fourth-order valence-corrected chi connectivity index (χ4v) is 4.89. The Morgan fingerprint density at radius 2 is 2.00 bits per heavy atom. The van der Waals surface area contributed by atoms with E-state index in [0.29, 0.717) is 10.9 Å². The van der Waals surface area contributed by atoms with Gasteiger partial charge >= 0.3 is 5.97 Å². The molecule has 0 saturated heterocycles. The molecule has 0 aliphatic carbocycles. The number of pyridine rings is 1. The molecule has 4 rings (SSSR count). The van der Waals surface area contributed by atoms with Gasteiger partial charge in [0.1, 0.15) is 0 Å². The van der Waals surface area contributed by atoms with E-state index < -0.39 is 5.54 Å². The van der Waals surface area contributed by atoms with E-state index in [0.717, 1.165) is 48.1 Å². The number of nitrogens with zero attached hydrogens (tertiary/aromatic N) is 3. The maximum Gasteiger partial charge on any atom is 0.340 e. The van der Waals surface area contributed by atoms with Crippen LogP contribution in [0.2, 0.25) is 5.02 Å². The Bertz CT molecular complexity index is 1170. The molecule has 0 fully saturated rings. The van der Waals surface area contributed by atoms with Crippen molar-refractivity contribution in [1.29, 1.82) is 0 Å². The fraction of sp³-hybridized carbons (Fsp3) is 0.370. The maximum atomic E-state index is 13.1. The number of carbonyl (C=O) groups excluding carboxylic acids is 1. The van der Waals surface area contributed by atoms with Crippen molar-refractivity contribution in [2.75, 3.05) is 25.5 Å². The normalized spacial score (nSPS) is 19.7. The van der Waals surface area contributed by atoms with Crippen LogP contribution in [0, 0.1) is 5.92 Å². The zero-order valence-corrected chi connectivity index (χ0v) is 20.6. The van der Waals surface area contributed by atoms with E-state index in [9.17, 15) is 4.79 Å². The van der Waals surface area contributed by atoms with Gasteiger partial charge in [0, 0.05) is 35.4 Å². The predicted molar refractivity (Wildman–Crippen MR) is 138 cm³/mol. The summed E-state index contributed by atoms with van der Waals surface area (Å²) in [6.45, 7) is 5.89. The van der Waals surface area contributed by atoms with Gasteiger partial charge in [0.15, 0.2) is 0 Å². The predicted octanol–water partition coefficient (Wildman–Crippen LogP) is 5.52. The highest BCUT2D eigenvalue weighted by Gasteiger charge is 2.53. The Labute approximate surface area is 206 Å². The number of fused-ring (bicyclic) bond motifs is 1. The van der Waals surface area contributed by atoms with Crippen LogP contribution in [0.1, 0.15) is 32.3 Å². The highest BCUT2D eigenvalue weighted by Crippen LogP contribution is 2.40. The van der Waals surface area contributed by atoms with Crippen LogP contribution in [-0.2, 0) is 15.1 Å². The third kappa shape index (κ3) is 4.73. The van der Waals surface area contributed by atoms with Crippen LogP contribution < -0.4 is 5.32 Å². The van der Waals surface area contributed by atoms with Crippen molar-refractivity contribution >= 4 is 40.5 Å². The number of benzene rings is 2. The molecular formula is C27H31ClN4O2. The lowest BCUT2D eigenvalue weighted by molar-refractivity contribution is -0.149. The highest BCUT2D eigenvalue weighted by atomic mass is 35.5. The number of halogens is 1.